The Hall–Kier alpha value is -3.28. The van der Waals surface area contributed by atoms with E-state index >= 15 is 0 Å². The third kappa shape index (κ3) is 4.17. The first-order valence-electron chi connectivity index (χ1n) is 10.5. The predicted molar refractivity (Wildman–Crippen MR) is 114 cm³/mol. The van der Waals surface area contributed by atoms with E-state index in [-0.39, 0.29) is 18.7 Å². The summed E-state index contributed by atoms with van der Waals surface area (Å²) in [6.07, 6.45) is 4.50. The third-order valence-corrected chi connectivity index (χ3v) is 5.46. The molecule has 2 aromatic rings. The fourth-order valence-electron chi connectivity index (χ4n) is 4.07. The lowest BCUT2D eigenvalue weighted by Crippen LogP contribution is -2.45. The van der Waals surface area contributed by atoms with Crippen LogP contribution in [0.15, 0.2) is 60.2 Å². The van der Waals surface area contributed by atoms with E-state index in [4.69, 9.17) is 9.47 Å². The second-order valence-electron chi connectivity index (χ2n) is 7.47. The van der Waals surface area contributed by atoms with Crippen molar-refractivity contribution < 1.29 is 19.1 Å². The smallest absolute Gasteiger partial charge is 0.338 e. The van der Waals surface area contributed by atoms with E-state index in [9.17, 15) is 9.59 Å². The van der Waals surface area contributed by atoms with Gasteiger partial charge in [-0.15, -0.1) is 0 Å². The van der Waals surface area contributed by atoms with E-state index in [2.05, 4.69) is 10.6 Å². The van der Waals surface area contributed by atoms with Gasteiger partial charge in [0.25, 0.3) is 0 Å². The molecule has 0 bridgehead atoms. The molecule has 1 fully saturated rings. The van der Waals surface area contributed by atoms with Crippen LogP contribution in [0.2, 0.25) is 0 Å². The molecule has 2 aromatic carbocycles. The second kappa shape index (κ2) is 9.03. The molecule has 6 heteroatoms. The Morgan fingerprint density at radius 1 is 1.03 bits per heavy atom. The Labute approximate surface area is 176 Å². The van der Waals surface area contributed by atoms with Gasteiger partial charge in [0, 0.05) is 5.56 Å². The van der Waals surface area contributed by atoms with Crippen molar-refractivity contribution in [3.8, 4) is 5.75 Å². The number of benzene rings is 2. The van der Waals surface area contributed by atoms with Crippen molar-refractivity contribution >= 4 is 17.7 Å². The van der Waals surface area contributed by atoms with E-state index in [1.807, 2.05) is 54.6 Å². The van der Waals surface area contributed by atoms with Crippen LogP contribution in [0.1, 0.15) is 49.8 Å². The highest BCUT2D eigenvalue weighted by Crippen LogP contribution is 2.37. The van der Waals surface area contributed by atoms with Crippen LogP contribution < -0.4 is 15.4 Å². The van der Waals surface area contributed by atoms with E-state index < -0.39 is 12.0 Å². The molecule has 30 heavy (non-hydrogen) atoms. The molecule has 1 aliphatic carbocycles. The average molecular weight is 406 g/mol. The number of para-hydroxylation sites is 1. The fourth-order valence-corrected chi connectivity index (χ4v) is 4.07. The van der Waals surface area contributed by atoms with Gasteiger partial charge in [-0.1, -0.05) is 48.5 Å². The van der Waals surface area contributed by atoms with Crippen molar-refractivity contribution in [3.63, 3.8) is 0 Å². The summed E-state index contributed by atoms with van der Waals surface area (Å²) in [7, 11) is 0. The first-order chi connectivity index (χ1) is 14.7. The summed E-state index contributed by atoms with van der Waals surface area (Å²) >= 11 is 0. The van der Waals surface area contributed by atoms with Gasteiger partial charge in [0.1, 0.15) is 5.75 Å². The summed E-state index contributed by atoms with van der Waals surface area (Å²) in [5.41, 5.74) is 2.31. The lowest BCUT2D eigenvalue weighted by atomic mass is 9.92. The lowest BCUT2D eigenvalue weighted by Gasteiger charge is -2.31. The maximum atomic E-state index is 13.0. The van der Waals surface area contributed by atoms with Crippen LogP contribution in [0, 0.1) is 0 Å². The molecule has 1 saturated carbocycles. The minimum Gasteiger partial charge on any atom is -0.490 e. The maximum absolute atomic E-state index is 13.0. The predicted octanol–water partition coefficient (Wildman–Crippen LogP) is 4.34. The van der Waals surface area contributed by atoms with E-state index in [1.54, 1.807) is 6.92 Å². The van der Waals surface area contributed by atoms with Gasteiger partial charge in [-0.2, -0.15) is 0 Å². The van der Waals surface area contributed by atoms with Crippen molar-refractivity contribution in [3.05, 3.63) is 71.3 Å². The van der Waals surface area contributed by atoms with Gasteiger partial charge in [0.15, 0.2) is 0 Å². The molecule has 0 saturated heterocycles. The van der Waals surface area contributed by atoms with E-state index in [1.165, 1.54) is 0 Å². The first kappa shape index (κ1) is 20.0. The highest BCUT2D eigenvalue weighted by molar-refractivity contribution is 6.04. The summed E-state index contributed by atoms with van der Waals surface area (Å²) in [5, 5.41) is 5.70. The maximum Gasteiger partial charge on any atom is 0.338 e. The Bertz CT molecular complexity index is 949. The molecule has 2 N–H and O–H groups in total. The molecule has 0 radical (unpaired) electrons. The highest BCUT2D eigenvalue weighted by Gasteiger charge is 2.36. The van der Waals surface area contributed by atoms with Crippen molar-refractivity contribution in [2.45, 2.75) is 44.8 Å². The minimum atomic E-state index is -0.675. The number of hydrogen-bond donors (Lipinski definition) is 2. The molecule has 1 heterocycles. The van der Waals surface area contributed by atoms with Crippen LogP contribution in [-0.2, 0) is 9.53 Å². The van der Waals surface area contributed by atoms with Crippen LogP contribution in [0.5, 0.6) is 5.75 Å². The minimum absolute atomic E-state index is 0.159. The van der Waals surface area contributed by atoms with Crippen LogP contribution >= 0.6 is 0 Å². The molecular formula is C24H26N2O4. The Morgan fingerprint density at radius 2 is 1.73 bits per heavy atom. The summed E-state index contributed by atoms with van der Waals surface area (Å²) in [5.74, 6) is 0.218. The number of amides is 2. The molecule has 1 atom stereocenters. The normalized spacial score (nSPS) is 19.2. The van der Waals surface area contributed by atoms with Crippen LogP contribution in [0.3, 0.4) is 0 Å². The van der Waals surface area contributed by atoms with Gasteiger partial charge >= 0.3 is 12.0 Å². The monoisotopic (exact) mass is 406 g/mol. The quantitative estimate of drug-likeness (QED) is 0.700. The molecule has 156 valence electrons. The van der Waals surface area contributed by atoms with Crippen LogP contribution in [-0.4, -0.2) is 24.7 Å². The summed E-state index contributed by atoms with van der Waals surface area (Å²) in [4.78, 5) is 25.6. The van der Waals surface area contributed by atoms with Gasteiger partial charge in [-0.05, 0) is 44.2 Å². The lowest BCUT2D eigenvalue weighted by molar-refractivity contribution is -0.138. The molecule has 6 nitrogen and oxygen atoms in total. The van der Waals surface area contributed by atoms with Gasteiger partial charge < -0.3 is 20.1 Å². The number of ether oxygens (including phenoxy) is 2. The molecule has 0 spiro atoms. The first-order valence-corrected chi connectivity index (χ1v) is 10.5. The average Bonchev–Trinajstić information content (AvgIpc) is 3.27. The third-order valence-electron chi connectivity index (χ3n) is 5.46. The standard InChI is InChI=1S/C24H26N2O4/c1-2-29-23(27)20-21(16-10-4-3-5-11-16)25-24(28)26-22(20)18-14-8-9-15-19(18)30-17-12-6-7-13-17/h3-5,8-11,14-15,17,22H,2,6-7,12-13H2,1H3,(H2,25,26,28)/t22-/m1/s1. The zero-order chi connectivity index (χ0) is 20.9. The number of carbonyl (C=O) groups is 2. The number of nitrogens with one attached hydrogen (secondary N) is 2. The largest absolute Gasteiger partial charge is 0.490 e. The zero-order valence-corrected chi connectivity index (χ0v) is 17.0. The number of esters is 1. The number of hydrogen-bond acceptors (Lipinski definition) is 4. The van der Waals surface area contributed by atoms with Gasteiger partial charge in [0.05, 0.1) is 30.0 Å². The second-order valence-corrected chi connectivity index (χ2v) is 7.47. The molecule has 2 amide bonds. The Morgan fingerprint density at radius 3 is 2.47 bits per heavy atom. The number of rotatable bonds is 6. The van der Waals surface area contributed by atoms with Gasteiger partial charge in [-0.25, -0.2) is 9.59 Å². The summed E-state index contributed by atoms with van der Waals surface area (Å²) in [6, 6.07) is 15.9. The highest BCUT2D eigenvalue weighted by atomic mass is 16.5. The number of carbonyl (C=O) groups excluding carboxylic acids is 2. The van der Waals surface area contributed by atoms with Crippen LogP contribution in [0.4, 0.5) is 4.79 Å². The van der Waals surface area contributed by atoms with Crippen molar-refractivity contribution in [2.75, 3.05) is 6.61 Å². The number of urea groups is 1. The zero-order valence-electron chi connectivity index (χ0n) is 17.0. The SMILES string of the molecule is CCOC(=O)C1=C(c2ccccc2)NC(=O)N[C@@H]1c1ccccc1OC1CCCC1. The van der Waals surface area contributed by atoms with Crippen molar-refractivity contribution in [1.82, 2.24) is 10.6 Å². The summed E-state index contributed by atoms with van der Waals surface area (Å²) < 4.78 is 11.6. The Kier molecular flexibility index (Phi) is 6.02. The van der Waals surface area contributed by atoms with Gasteiger partial charge in [-0.3, -0.25) is 0 Å². The molecule has 1 aliphatic heterocycles. The van der Waals surface area contributed by atoms with Crippen molar-refractivity contribution in [2.24, 2.45) is 0 Å². The van der Waals surface area contributed by atoms with Crippen LogP contribution in [0.25, 0.3) is 5.70 Å². The molecule has 0 unspecified atom stereocenters. The molecule has 4 rings (SSSR count). The van der Waals surface area contributed by atoms with Gasteiger partial charge in [0.2, 0.25) is 0 Å². The van der Waals surface area contributed by atoms with Crippen molar-refractivity contribution in [1.29, 1.82) is 0 Å². The van der Waals surface area contributed by atoms with E-state index in [0.29, 0.717) is 17.0 Å². The Balaban J connectivity index is 1.81. The molecular weight excluding hydrogens is 380 g/mol. The molecule has 2 aliphatic rings. The topological polar surface area (TPSA) is 76.7 Å². The summed E-state index contributed by atoms with van der Waals surface area (Å²) in [6.45, 7) is 2.01. The molecule has 0 aromatic heterocycles. The van der Waals surface area contributed by atoms with E-state index in [0.717, 1.165) is 36.8 Å². The fraction of sp³-hybridized carbons (Fsp3) is 0.333.